The molecule has 0 aliphatic heterocycles. The first kappa shape index (κ1) is 25.5. The van der Waals surface area contributed by atoms with Gasteiger partial charge in [-0.1, -0.05) is 90.9 Å². The van der Waals surface area contributed by atoms with Crippen LogP contribution in [0.1, 0.15) is 104 Å². The molecule has 0 aromatic rings. The molecular formula is C22H43N3O2. The van der Waals surface area contributed by atoms with E-state index in [2.05, 4.69) is 18.8 Å². The topological polar surface area (TPSA) is 102 Å². The maximum atomic E-state index is 11.0. The zero-order valence-electron chi connectivity index (χ0n) is 17.7. The first-order chi connectivity index (χ1) is 13.0. The lowest BCUT2D eigenvalue weighted by Gasteiger charge is -2.17. The van der Waals surface area contributed by atoms with Crippen molar-refractivity contribution in [1.82, 2.24) is 0 Å². The van der Waals surface area contributed by atoms with Crippen molar-refractivity contribution in [1.29, 1.82) is 0 Å². The summed E-state index contributed by atoms with van der Waals surface area (Å²) in [6, 6.07) is 0. The molecule has 0 aromatic heterocycles. The molecule has 5 N–H and O–H groups in total. The van der Waals surface area contributed by atoms with Crippen LogP contribution in [0.5, 0.6) is 0 Å². The van der Waals surface area contributed by atoms with Crippen LogP contribution in [0.25, 0.3) is 0 Å². The van der Waals surface area contributed by atoms with Crippen LogP contribution >= 0.6 is 0 Å². The number of guanidine groups is 1. The highest BCUT2D eigenvalue weighted by atomic mass is 16.4. The average Bonchev–Trinajstić information content (AvgIpc) is 2.61. The number of carboxylic acid groups (broad SMARTS) is 1. The molecule has 158 valence electrons. The minimum absolute atomic E-state index is 0.00630. The van der Waals surface area contributed by atoms with Gasteiger partial charge in [-0.3, -0.25) is 0 Å². The van der Waals surface area contributed by atoms with Gasteiger partial charge in [-0.25, -0.2) is 9.79 Å². The van der Waals surface area contributed by atoms with Gasteiger partial charge in [-0.2, -0.15) is 0 Å². The minimum atomic E-state index is -0.928. The van der Waals surface area contributed by atoms with E-state index >= 15 is 0 Å². The number of unbranched alkanes of at least 4 members (excludes halogenated alkanes) is 7. The van der Waals surface area contributed by atoms with Crippen molar-refractivity contribution >= 4 is 11.9 Å². The van der Waals surface area contributed by atoms with Gasteiger partial charge in [0.25, 0.3) is 0 Å². The highest BCUT2D eigenvalue weighted by Gasteiger charge is 2.10. The van der Waals surface area contributed by atoms with Crippen molar-refractivity contribution in [3.8, 4) is 0 Å². The molecule has 0 aliphatic rings. The summed E-state index contributed by atoms with van der Waals surface area (Å²) in [5.41, 5.74) is 11.5. The van der Waals surface area contributed by atoms with E-state index in [1.54, 1.807) is 0 Å². The maximum absolute atomic E-state index is 11.0. The maximum Gasteiger partial charge on any atom is 0.328 e. The molecule has 0 rings (SSSR count). The van der Waals surface area contributed by atoms with Gasteiger partial charge >= 0.3 is 5.97 Å². The summed E-state index contributed by atoms with van der Waals surface area (Å²) in [5, 5.41) is 9.02. The normalized spacial score (nSPS) is 12.7. The molecule has 0 saturated heterocycles. The predicted octanol–water partition coefficient (Wildman–Crippen LogP) is 5.39. The lowest BCUT2D eigenvalue weighted by atomic mass is 9.89. The number of carboxylic acids is 1. The standard InChI is InChI=1S/C22H43N3O2/c1-3-5-7-8-9-11-14-19(13-10-6-4-2)15-12-16-20(17-21(26)27)18-25-22(23)24/h17,19H,3-16,18H2,1-2H3,(H,26,27)(H4,23,24,25)/b20-17-/t19-/m0/s1. The largest absolute Gasteiger partial charge is 0.478 e. The van der Waals surface area contributed by atoms with E-state index in [-0.39, 0.29) is 12.5 Å². The third kappa shape index (κ3) is 17.6. The summed E-state index contributed by atoms with van der Waals surface area (Å²) in [4.78, 5) is 14.9. The number of nitrogens with two attached hydrogens (primary N) is 2. The van der Waals surface area contributed by atoms with E-state index in [0.717, 1.165) is 30.8 Å². The van der Waals surface area contributed by atoms with E-state index in [1.165, 1.54) is 76.7 Å². The Morgan fingerprint density at radius 2 is 1.41 bits per heavy atom. The number of hydrogen-bond acceptors (Lipinski definition) is 2. The number of aliphatic carboxylic acids is 1. The summed E-state index contributed by atoms with van der Waals surface area (Å²) in [7, 11) is 0. The smallest absolute Gasteiger partial charge is 0.328 e. The molecule has 0 fully saturated rings. The molecule has 0 saturated carbocycles. The van der Waals surface area contributed by atoms with Crippen LogP contribution < -0.4 is 11.5 Å². The van der Waals surface area contributed by atoms with Crippen LogP contribution in [0.3, 0.4) is 0 Å². The molecule has 0 spiro atoms. The van der Waals surface area contributed by atoms with Gasteiger partial charge < -0.3 is 16.6 Å². The van der Waals surface area contributed by atoms with E-state index in [0.29, 0.717) is 0 Å². The van der Waals surface area contributed by atoms with Gasteiger partial charge in [0, 0.05) is 6.08 Å². The summed E-state index contributed by atoms with van der Waals surface area (Å²) in [6.07, 6.45) is 18.7. The molecule has 5 nitrogen and oxygen atoms in total. The van der Waals surface area contributed by atoms with Crippen molar-refractivity contribution in [2.45, 2.75) is 104 Å². The first-order valence-corrected chi connectivity index (χ1v) is 11.0. The number of rotatable bonds is 18. The zero-order chi connectivity index (χ0) is 20.3. The minimum Gasteiger partial charge on any atom is -0.478 e. The zero-order valence-corrected chi connectivity index (χ0v) is 17.7. The second-order valence-corrected chi connectivity index (χ2v) is 7.69. The van der Waals surface area contributed by atoms with Gasteiger partial charge in [-0.15, -0.1) is 0 Å². The number of hydrogen-bond donors (Lipinski definition) is 3. The molecule has 1 atom stereocenters. The third-order valence-electron chi connectivity index (χ3n) is 5.08. The fourth-order valence-electron chi connectivity index (χ4n) is 3.51. The Labute approximate surface area is 166 Å². The van der Waals surface area contributed by atoms with Crippen molar-refractivity contribution in [2.24, 2.45) is 22.4 Å². The van der Waals surface area contributed by atoms with Gasteiger partial charge in [0.1, 0.15) is 0 Å². The van der Waals surface area contributed by atoms with Gasteiger partial charge in [0.05, 0.1) is 6.54 Å². The quantitative estimate of drug-likeness (QED) is 0.128. The number of aliphatic imine (C=N–C) groups is 1. The van der Waals surface area contributed by atoms with Crippen LogP contribution in [-0.2, 0) is 4.79 Å². The molecule has 0 bridgehead atoms. The van der Waals surface area contributed by atoms with Gasteiger partial charge in [0.2, 0.25) is 0 Å². The molecule has 5 heteroatoms. The van der Waals surface area contributed by atoms with Crippen LogP contribution in [0.4, 0.5) is 0 Å². The van der Waals surface area contributed by atoms with E-state index in [4.69, 9.17) is 16.6 Å². The highest BCUT2D eigenvalue weighted by molar-refractivity contribution is 5.81. The molecule has 0 heterocycles. The summed E-state index contributed by atoms with van der Waals surface area (Å²) in [6.45, 7) is 4.78. The SMILES string of the molecule is CCCCCCCC[C@H](CCCCC)CCC/C(=C/C(=O)O)CN=C(N)N. The average molecular weight is 382 g/mol. The molecule has 0 aromatic carbocycles. The summed E-state index contributed by atoms with van der Waals surface area (Å²) < 4.78 is 0. The van der Waals surface area contributed by atoms with Crippen LogP contribution in [-0.4, -0.2) is 23.6 Å². The Bertz CT molecular complexity index is 429. The Hall–Kier alpha value is -1.52. The van der Waals surface area contributed by atoms with E-state index in [9.17, 15) is 4.79 Å². The van der Waals surface area contributed by atoms with Gasteiger partial charge in [0.15, 0.2) is 5.96 Å². The molecule has 27 heavy (non-hydrogen) atoms. The van der Waals surface area contributed by atoms with Crippen molar-refractivity contribution in [2.75, 3.05) is 6.54 Å². The molecule has 0 radical (unpaired) electrons. The Morgan fingerprint density at radius 3 is 2.00 bits per heavy atom. The Balaban J connectivity index is 4.35. The Kier molecular flexibility index (Phi) is 16.9. The molecular weight excluding hydrogens is 338 g/mol. The highest BCUT2D eigenvalue weighted by Crippen LogP contribution is 2.24. The number of nitrogens with zero attached hydrogens (tertiary/aromatic N) is 1. The van der Waals surface area contributed by atoms with Crippen molar-refractivity contribution < 1.29 is 9.90 Å². The summed E-state index contributed by atoms with van der Waals surface area (Å²) >= 11 is 0. The molecule has 0 unspecified atom stereocenters. The van der Waals surface area contributed by atoms with Crippen molar-refractivity contribution in [3.05, 3.63) is 11.6 Å². The lowest BCUT2D eigenvalue weighted by Crippen LogP contribution is -2.23. The first-order valence-electron chi connectivity index (χ1n) is 11.0. The Morgan fingerprint density at radius 1 is 0.889 bits per heavy atom. The van der Waals surface area contributed by atoms with Crippen molar-refractivity contribution in [3.63, 3.8) is 0 Å². The molecule has 0 amide bonds. The van der Waals surface area contributed by atoms with Crippen LogP contribution in [0.2, 0.25) is 0 Å². The van der Waals surface area contributed by atoms with E-state index < -0.39 is 5.97 Å². The van der Waals surface area contributed by atoms with Crippen LogP contribution in [0.15, 0.2) is 16.6 Å². The number of carbonyl (C=O) groups is 1. The molecule has 0 aliphatic carbocycles. The van der Waals surface area contributed by atoms with E-state index in [1.807, 2.05) is 0 Å². The predicted molar refractivity (Wildman–Crippen MR) is 116 cm³/mol. The monoisotopic (exact) mass is 381 g/mol. The fourth-order valence-corrected chi connectivity index (χ4v) is 3.51. The van der Waals surface area contributed by atoms with Gasteiger partial charge in [-0.05, 0) is 24.3 Å². The second-order valence-electron chi connectivity index (χ2n) is 7.69. The lowest BCUT2D eigenvalue weighted by molar-refractivity contribution is -0.131. The third-order valence-corrected chi connectivity index (χ3v) is 5.08. The summed E-state index contributed by atoms with van der Waals surface area (Å²) in [5.74, 6) is -0.161. The fraction of sp³-hybridized carbons (Fsp3) is 0.818. The second kappa shape index (κ2) is 17.9. The van der Waals surface area contributed by atoms with Crippen LogP contribution in [0, 0.1) is 5.92 Å².